The molecule has 1 aromatic carbocycles. The second kappa shape index (κ2) is 5.02. The Morgan fingerprint density at radius 3 is 2.72 bits per heavy atom. The van der Waals surface area contributed by atoms with Crippen LogP contribution < -0.4 is 4.74 Å². The standard InChI is InChI=1S/C14H16ClNO2/c1-9(2)7-16-13-10(11(8-17)14(16)15)5-4-6-12(13)18-3/h4-6,8-9H,7H2,1-3H3. The van der Waals surface area contributed by atoms with Crippen LogP contribution in [0.25, 0.3) is 10.9 Å². The Bertz CT molecular complexity index is 587. The predicted octanol–water partition coefficient (Wildman–Crippen LogP) is 3.77. The summed E-state index contributed by atoms with van der Waals surface area (Å²) in [6.07, 6.45) is 0.806. The van der Waals surface area contributed by atoms with Gasteiger partial charge in [-0.1, -0.05) is 37.6 Å². The van der Waals surface area contributed by atoms with E-state index in [-0.39, 0.29) is 0 Å². The van der Waals surface area contributed by atoms with Crippen LogP contribution in [0.5, 0.6) is 5.75 Å². The first kappa shape index (κ1) is 13.0. The maximum atomic E-state index is 11.2. The first-order valence-corrected chi connectivity index (χ1v) is 6.27. The van der Waals surface area contributed by atoms with Crippen molar-refractivity contribution in [2.24, 2.45) is 5.92 Å². The lowest BCUT2D eigenvalue weighted by Crippen LogP contribution is -2.05. The Morgan fingerprint density at radius 2 is 2.17 bits per heavy atom. The highest BCUT2D eigenvalue weighted by Crippen LogP contribution is 2.35. The molecule has 1 aromatic heterocycles. The van der Waals surface area contributed by atoms with Gasteiger partial charge in [-0.25, -0.2) is 0 Å². The molecule has 0 spiro atoms. The molecule has 0 saturated carbocycles. The number of halogens is 1. The van der Waals surface area contributed by atoms with Crippen LogP contribution in [0.2, 0.25) is 5.15 Å². The zero-order valence-electron chi connectivity index (χ0n) is 10.7. The zero-order chi connectivity index (χ0) is 13.3. The number of aldehydes is 1. The summed E-state index contributed by atoms with van der Waals surface area (Å²) in [7, 11) is 1.62. The molecular weight excluding hydrogens is 250 g/mol. The number of ether oxygens (including phenoxy) is 1. The van der Waals surface area contributed by atoms with E-state index in [1.165, 1.54) is 0 Å². The maximum absolute atomic E-state index is 11.2. The van der Waals surface area contributed by atoms with Gasteiger partial charge in [0.15, 0.2) is 6.29 Å². The molecule has 0 amide bonds. The molecule has 0 fully saturated rings. The maximum Gasteiger partial charge on any atom is 0.153 e. The number of hydrogen-bond donors (Lipinski definition) is 0. The predicted molar refractivity (Wildman–Crippen MR) is 73.7 cm³/mol. The van der Waals surface area contributed by atoms with Gasteiger partial charge >= 0.3 is 0 Å². The van der Waals surface area contributed by atoms with Gasteiger partial charge in [0.1, 0.15) is 10.9 Å². The number of nitrogens with zero attached hydrogens (tertiary/aromatic N) is 1. The fourth-order valence-electron chi connectivity index (χ4n) is 2.19. The first-order valence-electron chi connectivity index (χ1n) is 5.90. The monoisotopic (exact) mass is 265 g/mol. The number of aromatic nitrogens is 1. The SMILES string of the molecule is COc1cccc2c(C=O)c(Cl)n(CC(C)C)c12. The Hall–Kier alpha value is -1.48. The molecule has 0 radical (unpaired) electrons. The normalized spacial score (nSPS) is 11.2. The molecule has 2 rings (SSSR count). The number of methoxy groups -OCH3 is 1. The summed E-state index contributed by atoms with van der Waals surface area (Å²) in [5, 5.41) is 1.33. The Labute approximate surface area is 111 Å². The molecule has 18 heavy (non-hydrogen) atoms. The highest BCUT2D eigenvalue weighted by atomic mass is 35.5. The van der Waals surface area contributed by atoms with Crippen LogP contribution in [-0.2, 0) is 6.54 Å². The van der Waals surface area contributed by atoms with Gasteiger partial charge in [0, 0.05) is 11.9 Å². The third-order valence-electron chi connectivity index (χ3n) is 2.90. The minimum absolute atomic E-state index is 0.433. The molecule has 0 bridgehead atoms. The first-order chi connectivity index (χ1) is 8.60. The Balaban J connectivity index is 2.81. The van der Waals surface area contributed by atoms with Crippen LogP contribution in [0.4, 0.5) is 0 Å². The number of para-hydroxylation sites is 1. The topological polar surface area (TPSA) is 31.2 Å². The van der Waals surface area contributed by atoms with Crippen molar-refractivity contribution in [2.75, 3.05) is 7.11 Å². The molecule has 0 atom stereocenters. The molecule has 0 unspecified atom stereocenters. The lowest BCUT2D eigenvalue weighted by atomic mass is 10.2. The minimum Gasteiger partial charge on any atom is -0.495 e. The average Bonchev–Trinajstić information content (AvgIpc) is 2.61. The summed E-state index contributed by atoms with van der Waals surface area (Å²) in [5.74, 6) is 1.17. The smallest absolute Gasteiger partial charge is 0.153 e. The average molecular weight is 266 g/mol. The lowest BCUT2D eigenvalue weighted by molar-refractivity contribution is 0.112. The fraction of sp³-hybridized carbons (Fsp3) is 0.357. The number of benzene rings is 1. The third kappa shape index (κ3) is 1.99. The van der Waals surface area contributed by atoms with E-state index in [2.05, 4.69) is 13.8 Å². The molecular formula is C14H16ClNO2. The molecule has 0 aliphatic heterocycles. The molecule has 96 valence electrons. The minimum atomic E-state index is 0.433. The van der Waals surface area contributed by atoms with Crippen molar-refractivity contribution < 1.29 is 9.53 Å². The number of carbonyl (C=O) groups excluding carboxylic acids is 1. The summed E-state index contributed by atoms with van der Waals surface area (Å²) < 4.78 is 7.32. The highest BCUT2D eigenvalue weighted by molar-refractivity contribution is 6.34. The molecule has 4 heteroatoms. The molecule has 0 N–H and O–H groups in total. The second-order valence-corrected chi connectivity index (χ2v) is 5.04. The van der Waals surface area contributed by atoms with Gasteiger partial charge in [0.2, 0.25) is 0 Å². The van der Waals surface area contributed by atoms with E-state index in [1.54, 1.807) is 7.11 Å². The molecule has 0 saturated heterocycles. The quantitative estimate of drug-likeness (QED) is 0.788. The summed E-state index contributed by atoms with van der Waals surface area (Å²) >= 11 is 6.30. The molecule has 3 nitrogen and oxygen atoms in total. The van der Waals surface area contributed by atoms with Crippen LogP contribution in [0.15, 0.2) is 18.2 Å². The van der Waals surface area contributed by atoms with Crippen molar-refractivity contribution in [1.29, 1.82) is 0 Å². The van der Waals surface area contributed by atoms with Crippen molar-refractivity contribution >= 4 is 28.8 Å². The van der Waals surface area contributed by atoms with E-state index in [0.29, 0.717) is 16.6 Å². The van der Waals surface area contributed by atoms with E-state index in [9.17, 15) is 4.79 Å². The van der Waals surface area contributed by atoms with Gasteiger partial charge in [-0.3, -0.25) is 4.79 Å². The van der Waals surface area contributed by atoms with E-state index in [1.807, 2.05) is 22.8 Å². The van der Waals surface area contributed by atoms with Gasteiger partial charge in [-0.15, -0.1) is 0 Å². The summed E-state index contributed by atoms with van der Waals surface area (Å²) in [5.41, 5.74) is 1.42. The summed E-state index contributed by atoms with van der Waals surface area (Å²) in [6, 6.07) is 5.64. The lowest BCUT2D eigenvalue weighted by Gasteiger charge is -2.12. The number of fused-ring (bicyclic) bond motifs is 1. The van der Waals surface area contributed by atoms with Gasteiger partial charge in [0.05, 0.1) is 18.2 Å². The van der Waals surface area contributed by atoms with Crippen molar-refractivity contribution in [1.82, 2.24) is 4.57 Å². The van der Waals surface area contributed by atoms with E-state index < -0.39 is 0 Å². The van der Waals surface area contributed by atoms with Gasteiger partial charge in [0.25, 0.3) is 0 Å². The van der Waals surface area contributed by atoms with E-state index in [0.717, 1.165) is 29.5 Å². The number of hydrogen-bond acceptors (Lipinski definition) is 2. The van der Waals surface area contributed by atoms with Crippen LogP contribution in [0.1, 0.15) is 24.2 Å². The van der Waals surface area contributed by atoms with Crippen molar-refractivity contribution in [3.63, 3.8) is 0 Å². The van der Waals surface area contributed by atoms with Crippen LogP contribution in [0.3, 0.4) is 0 Å². The van der Waals surface area contributed by atoms with Crippen molar-refractivity contribution in [3.05, 3.63) is 28.9 Å². The van der Waals surface area contributed by atoms with E-state index >= 15 is 0 Å². The zero-order valence-corrected chi connectivity index (χ0v) is 11.5. The molecule has 0 aliphatic rings. The summed E-state index contributed by atoms with van der Waals surface area (Å²) in [6.45, 7) is 4.97. The van der Waals surface area contributed by atoms with Crippen LogP contribution in [-0.4, -0.2) is 18.0 Å². The highest BCUT2D eigenvalue weighted by Gasteiger charge is 2.18. The Morgan fingerprint density at radius 1 is 1.44 bits per heavy atom. The van der Waals surface area contributed by atoms with Crippen LogP contribution in [0, 0.1) is 5.92 Å². The Kier molecular flexibility index (Phi) is 3.62. The molecule has 2 aromatic rings. The number of rotatable bonds is 4. The van der Waals surface area contributed by atoms with Gasteiger partial charge in [-0.2, -0.15) is 0 Å². The summed E-state index contributed by atoms with van der Waals surface area (Å²) in [4.78, 5) is 11.2. The van der Waals surface area contributed by atoms with Crippen molar-refractivity contribution in [3.8, 4) is 5.75 Å². The third-order valence-corrected chi connectivity index (χ3v) is 3.31. The largest absolute Gasteiger partial charge is 0.495 e. The van der Waals surface area contributed by atoms with Gasteiger partial charge in [-0.05, 0) is 12.0 Å². The van der Waals surface area contributed by atoms with Crippen LogP contribution >= 0.6 is 11.6 Å². The van der Waals surface area contributed by atoms with E-state index in [4.69, 9.17) is 16.3 Å². The second-order valence-electron chi connectivity index (χ2n) is 4.68. The van der Waals surface area contributed by atoms with Gasteiger partial charge < -0.3 is 9.30 Å². The fourth-order valence-corrected chi connectivity index (χ4v) is 2.49. The van der Waals surface area contributed by atoms with Crippen molar-refractivity contribution in [2.45, 2.75) is 20.4 Å². The number of carbonyl (C=O) groups is 1. The molecule has 0 aliphatic carbocycles. The molecule has 1 heterocycles.